The number of hydrogen-bond acceptors (Lipinski definition) is 4. The van der Waals surface area contributed by atoms with Crippen molar-refractivity contribution < 1.29 is 14.6 Å². The van der Waals surface area contributed by atoms with Gasteiger partial charge in [0, 0.05) is 24.5 Å². The number of phenols is 1. The SMILES string of the molecule is COC(=O)C1CC(N2CC3(Cc4ccc(O)cc4C3)C2)C1. The Hall–Kier alpha value is -1.55. The molecule has 0 radical (unpaired) electrons. The largest absolute Gasteiger partial charge is 0.508 e. The number of benzene rings is 1. The average molecular weight is 287 g/mol. The number of esters is 1. The summed E-state index contributed by atoms with van der Waals surface area (Å²) in [6.45, 7) is 2.25. The zero-order valence-corrected chi connectivity index (χ0v) is 12.3. The molecule has 2 aliphatic carbocycles. The van der Waals surface area contributed by atoms with Crippen LogP contribution in [0.15, 0.2) is 18.2 Å². The number of phenolic OH excluding ortho intramolecular Hbond substituents is 1. The Bertz CT molecular complexity index is 586. The summed E-state index contributed by atoms with van der Waals surface area (Å²) < 4.78 is 4.80. The molecular formula is C17H21NO3. The number of ether oxygens (including phenoxy) is 1. The molecule has 0 unspecified atom stereocenters. The first-order valence-electron chi connectivity index (χ1n) is 7.71. The maximum Gasteiger partial charge on any atom is 0.308 e. The maximum absolute atomic E-state index is 11.4. The van der Waals surface area contributed by atoms with Crippen LogP contribution in [0.2, 0.25) is 0 Å². The van der Waals surface area contributed by atoms with Crippen LogP contribution in [0, 0.1) is 11.3 Å². The number of nitrogens with zero attached hydrogens (tertiary/aromatic N) is 1. The van der Waals surface area contributed by atoms with Gasteiger partial charge in [0.25, 0.3) is 0 Å². The molecule has 1 heterocycles. The second kappa shape index (κ2) is 4.47. The lowest BCUT2D eigenvalue weighted by atomic mass is 9.71. The summed E-state index contributed by atoms with van der Waals surface area (Å²) in [6.07, 6.45) is 4.12. The molecule has 1 aromatic carbocycles. The zero-order valence-electron chi connectivity index (χ0n) is 12.3. The lowest BCUT2D eigenvalue weighted by molar-refractivity contribution is -0.154. The zero-order chi connectivity index (χ0) is 14.6. The van der Waals surface area contributed by atoms with E-state index in [1.54, 1.807) is 6.07 Å². The second-order valence-electron chi connectivity index (χ2n) is 7.06. The van der Waals surface area contributed by atoms with E-state index < -0.39 is 0 Å². The lowest BCUT2D eigenvalue weighted by Gasteiger charge is -2.55. The molecule has 1 aliphatic heterocycles. The number of methoxy groups -OCH3 is 1. The number of carbonyl (C=O) groups excluding carboxylic acids is 1. The number of fused-ring (bicyclic) bond motifs is 1. The van der Waals surface area contributed by atoms with E-state index in [1.807, 2.05) is 6.07 Å². The smallest absolute Gasteiger partial charge is 0.308 e. The van der Waals surface area contributed by atoms with E-state index >= 15 is 0 Å². The normalized spacial score (nSPS) is 29.6. The minimum Gasteiger partial charge on any atom is -0.508 e. The molecule has 1 N–H and O–H groups in total. The molecule has 112 valence electrons. The predicted molar refractivity (Wildman–Crippen MR) is 78.0 cm³/mol. The van der Waals surface area contributed by atoms with Crippen molar-refractivity contribution in [2.24, 2.45) is 11.3 Å². The Balaban J connectivity index is 1.34. The first-order chi connectivity index (χ1) is 10.1. The molecular weight excluding hydrogens is 266 g/mol. The molecule has 4 heteroatoms. The van der Waals surface area contributed by atoms with Gasteiger partial charge in [-0.1, -0.05) is 6.07 Å². The lowest BCUT2D eigenvalue weighted by Crippen LogP contribution is -2.63. The van der Waals surface area contributed by atoms with Gasteiger partial charge in [-0.3, -0.25) is 9.69 Å². The van der Waals surface area contributed by atoms with Crippen molar-refractivity contribution in [1.29, 1.82) is 0 Å². The molecule has 1 saturated heterocycles. The van der Waals surface area contributed by atoms with E-state index in [9.17, 15) is 9.90 Å². The molecule has 4 nitrogen and oxygen atoms in total. The Kier molecular flexibility index (Phi) is 2.80. The van der Waals surface area contributed by atoms with Crippen LogP contribution in [0.3, 0.4) is 0 Å². The van der Waals surface area contributed by atoms with Gasteiger partial charge in [-0.2, -0.15) is 0 Å². The van der Waals surface area contributed by atoms with Gasteiger partial charge in [0.1, 0.15) is 5.75 Å². The van der Waals surface area contributed by atoms with Gasteiger partial charge in [0.2, 0.25) is 0 Å². The second-order valence-corrected chi connectivity index (χ2v) is 7.06. The maximum atomic E-state index is 11.4. The highest BCUT2D eigenvalue weighted by molar-refractivity contribution is 5.73. The van der Waals surface area contributed by atoms with Gasteiger partial charge >= 0.3 is 5.97 Å². The van der Waals surface area contributed by atoms with Crippen molar-refractivity contribution in [2.75, 3.05) is 20.2 Å². The Labute approximate surface area is 124 Å². The minimum atomic E-state index is -0.0507. The summed E-state index contributed by atoms with van der Waals surface area (Å²) in [5.41, 5.74) is 3.09. The highest BCUT2D eigenvalue weighted by Crippen LogP contribution is 2.48. The van der Waals surface area contributed by atoms with E-state index in [0.717, 1.165) is 38.8 Å². The summed E-state index contributed by atoms with van der Waals surface area (Å²) in [6, 6.07) is 6.35. The Morgan fingerprint density at radius 3 is 2.71 bits per heavy atom. The van der Waals surface area contributed by atoms with Gasteiger partial charge in [-0.05, 0) is 48.9 Å². The van der Waals surface area contributed by atoms with Crippen LogP contribution in [0.25, 0.3) is 0 Å². The molecule has 3 aliphatic rings. The number of hydrogen-bond donors (Lipinski definition) is 1. The molecule has 1 saturated carbocycles. The first-order valence-corrected chi connectivity index (χ1v) is 7.71. The summed E-state index contributed by atoms with van der Waals surface area (Å²) in [4.78, 5) is 14.0. The summed E-state index contributed by atoms with van der Waals surface area (Å²) in [7, 11) is 1.47. The average Bonchev–Trinajstić information content (AvgIpc) is 2.74. The van der Waals surface area contributed by atoms with Crippen LogP contribution in [0.1, 0.15) is 24.0 Å². The Morgan fingerprint density at radius 2 is 2.00 bits per heavy atom. The minimum absolute atomic E-state index is 0.0507. The molecule has 0 aromatic heterocycles. The van der Waals surface area contributed by atoms with E-state index in [2.05, 4.69) is 11.0 Å². The fourth-order valence-corrected chi connectivity index (χ4v) is 4.36. The molecule has 0 atom stereocenters. The first kappa shape index (κ1) is 13.1. The number of likely N-dealkylation sites (tertiary alicyclic amines) is 1. The quantitative estimate of drug-likeness (QED) is 0.842. The predicted octanol–water partition coefficient (Wildman–Crippen LogP) is 1.74. The van der Waals surface area contributed by atoms with Crippen LogP contribution in [-0.2, 0) is 22.4 Å². The molecule has 1 aromatic rings. The molecule has 4 rings (SSSR count). The van der Waals surface area contributed by atoms with Crippen molar-refractivity contribution in [3.05, 3.63) is 29.3 Å². The third-order valence-corrected chi connectivity index (χ3v) is 5.56. The summed E-state index contributed by atoms with van der Waals surface area (Å²) in [5.74, 6) is 0.446. The van der Waals surface area contributed by atoms with Crippen LogP contribution >= 0.6 is 0 Å². The van der Waals surface area contributed by atoms with Gasteiger partial charge in [0.05, 0.1) is 13.0 Å². The van der Waals surface area contributed by atoms with Crippen molar-refractivity contribution in [2.45, 2.75) is 31.7 Å². The molecule has 21 heavy (non-hydrogen) atoms. The van der Waals surface area contributed by atoms with Gasteiger partial charge < -0.3 is 9.84 Å². The number of carbonyl (C=O) groups is 1. The third-order valence-electron chi connectivity index (χ3n) is 5.56. The van der Waals surface area contributed by atoms with Crippen molar-refractivity contribution >= 4 is 5.97 Å². The summed E-state index contributed by atoms with van der Waals surface area (Å²) in [5, 5.41) is 9.60. The fourth-order valence-electron chi connectivity index (χ4n) is 4.36. The van der Waals surface area contributed by atoms with Gasteiger partial charge in [-0.25, -0.2) is 0 Å². The van der Waals surface area contributed by atoms with Crippen molar-refractivity contribution in [1.82, 2.24) is 4.90 Å². The van der Waals surface area contributed by atoms with E-state index in [0.29, 0.717) is 17.2 Å². The highest BCUT2D eigenvalue weighted by atomic mass is 16.5. The fraction of sp³-hybridized carbons (Fsp3) is 0.588. The van der Waals surface area contributed by atoms with Crippen LogP contribution in [0.4, 0.5) is 0 Å². The Morgan fingerprint density at radius 1 is 1.29 bits per heavy atom. The van der Waals surface area contributed by atoms with Crippen molar-refractivity contribution in [3.8, 4) is 5.75 Å². The molecule has 0 bridgehead atoms. The van der Waals surface area contributed by atoms with Crippen LogP contribution in [0.5, 0.6) is 5.75 Å². The van der Waals surface area contributed by atoms with E-state index in [4.69, 9.17) is 4.74 Å². The van der Waals surface area contributed by atoms with Crippen molar-refractivity contribution in [3.63, 3.8) is 0 Å². The highest BCUT2D eigenvalue weighted by Gasteiger charge is 2.51. The number of aromatic hydroxyl groups is 1. The molecule has 2 fully saturated rings. The van der Waals surface area contributed by atoms with Gasteiger partial charge in [0.15, 0.2) is 0 Å². The van der Waals surface area contributed by atoms with E-state index in [1.165, 1.54) is 18.2 Å². The van der Waals surface area contributed by atoms with E-state index in [-0.39, 0.29) is 11.9 Å². The molecule has 1 spiro atoms. The van der Waals surface area contributed by atoms with Crippen LogP contribution in [-0.4, -0.2) is 42.2 Å². The monoisotopic (exact) mass is 287 g/mol. The molecule has 0 amide bonds. The number of rotatable bonds is 2. The summed E-state index contributed by atoms with van der Waals surface area (Å²) >= 11 is 0. The van der Waals surface area contributed by atoms with Crippen LogP contribution < -0.4 is 0 Å². The van der Waals surface area contributed by atoms with Gasteiger partial charge in [-0.15, -0.1) is 0 Å². The standard InChI is InChI=1S/C17H21NO3/c1-21-16(20)12-4-14(5-12)18-9-17(10-18)7-11-2-3-15(19)6-13(11)8-17/h2-3,6,12,14,19H,4-5,7-10H2,1H3. The third kappa shape index (κ3) is 2.04. The topological polar surface area (TPSA) is 49.8 Å².